The summed E-state index contributed by atoms with van der Waals surface area (Å²) in [7, 11) is 0. The molecule has 8 nitrogen and oxygen atoms in total. The number of carbonyl (C=O) groups is 3. The third kappa shape index (κ3) is 3.70. The Morgan fingerprint density at radius 2 is 1.81 bits per heavy atom. The van der Waals surface area contributed by atoms with Gasteiger partial charge in [-0.05, 0) is 19.8 Å². The minimum absolute atomic E-state index is 0.0256. The molecular weight excluding hydrogens is 348 g/mol. The number of aryl methyl sites for hydroxylation is 1. The highest BCUT2D eigenvalue weighted by Gasteiger charge is 2.34. The molecule has 1 fully saturated rings. The smallest absolute Gasteiger partial charge is 0.356 e. The van der Waals surface area contributed by atoms with E-state index < -0.39 is 5.97 Å². The van der Waals surface area contributed by atoms with Crippen LogP contribution in [0, 0.1) is 11.8 Å². The normalized spacial score (nSPS) is 17.9. The number of hydrogen-bond donors (Lipinski definition) is 1. The van der Waals surface area contributed by atoms with Crippen LogP contribution in [0.1, 0.15) is 55.4 Å². The van der Waals surface area contributed by atoms with Gasteiger partial charge in [0.1, 0.15) is 0 Å². The molecule has 0 atom stereocenters. The van der Waals surface area contributed by atoms with Crippen LogP contribution in [-0.4, -0.2) is 62.1 Å². The van der Waals surface area contributed by atoms with E-state index >= 15 is 0 Å². The first-order valence-electron chi connectivity index (χ1n) is 9.72. The van der Waals surface area contributed by atoms with Crippen LogP contribution in [0.25, 0.3) is 0 Å². The molecule has 0 saturated carbocycles. The topological polar surface area (TPSA) is 95.7 Å². The van der Waals surface area contributed by atoms with Crippen molar-refractivity contribution in [2.45, 2.75) is 53.1 Å². The second kappa shape index (κ2) is 7.70. The van der Waals surface area contributed by atoms with Crippen LogP contribution in [0.5, 0.6) is 0 Å². The van der Waals surface area contributed by atoms with Crippen molar-refractivity contribution in [2.24, 2.45) is 11.8 Å². The highest BCUT2D eigenvalue weighted by Crippen LogP contribution is 2.27. The number of piperidine rings is 1. The first-order chi connectivity index (χ1) is 12.8. The van der Waals surface area contributed by atoms with Crippen molar-refractivity contribution in [1.82, 2.24) is 19.6 Å². The zero-order chi connectivity index (χ0) is 19.7. The van der Waals surface area contributed by atoms with Gasteiger partial charge in [0, 0.05) is 62.2 Å². The lowest BCUT2D eigenvalue weighted by molar-refractivity contribution is -0.142. The molecule has 0 radical (unpaired) electrons. The highest BCUT2D eigenvalue weighted by atomic mass is 16.4. The number of carboxylic acid groups (broad SMARTS) is 1. The Kier molecular flexibility index (Phi) is 5.53. The molecule has 1 aromatic heterocycles. The third-order valence-electron chi connectivity index (χ3n) is 5.60. The van der Waals surface area contributed by atoms with Crippen LogP contribution >= 0.6 is 0 Å². The van der Waals surface area contributed by atoms with Gasteiger partial charge in [-0.2, -0.15) is 5.10 Å². The Morgan fingerprint density at radius 3 is 2.37 bits per heavy atom. The molecule has 0 aliphatic carbocycles. The number of fused-ring (bicyclic) bond motifs is 1. The van der Waals surface area contributed by atoms with E-state index in [-0.39, 0.29) is 29.3 Å². The molecule has 2 amide bonds. The molecule has 3 heterocycles. The maximum Gasteiger partial charge on any atom is 0.356 e. The van der Waals surface area contributed by atoms with Crippen LogP contribution < -0.4 is 0 Å². The minimum Gasteiger partial charge on any atom is -0.476 e. The number of hydrogen-bond acceptors (Lipinski definition) is 4. The van der Waals surface area contributed by atoms with Crippen LogP contribution in [-0.2, 0) is 29.1 Å². The summed E-state index contributed by atoms with van der Waals surface area (Å²) in [5.41, 5.74) is 1.65. The van der Waals surface area contributed by atoms with Gasteiger partial charge in [0.05, 0.1) is 0 Å². The Hall–Kier alpha value is -2.38. The van der Waals surface area contributed by atoms with Gasteiger partial charge in [0.25, 0.3) is 0 Å². The quantitative estimate of drug-likeness (QED) is 0.856. The van der Waals surface area contributed by atoms with Gasteiger partial charge < -0.3 is 14.9 Å². The third-order valence-corrected chi connectivity index (χ3v) is 5.60. The van der Waals surface area contributed by atoms with Crippen molar-refractivity contribution < 1.29 is 19.5 Å². The van der Waals surface area contributed by atoms with Gasteiger partial charge in [0.2, 0.25) is 11.8 Å². The molecule has 27 heavy (non-hydrogen) atoms. The molecule has 2 aliphatic rings. The van der Waals surface area contributed by atoms with E-state index in [9.17, 15) is 19.5 Å². The van der Waals surface area contributed by atoms with E-state index in [0.717, 1.165) is 5.69 Å². The van der Waals surface area contributed by atoms with E-state index in [1.54, 1.807) is 9.58 Å². The van der Waals surface area contributed by atoms with Crippen molar-refractivity contribution in [1.29, 1.82) is 0 Å². The molecule has 1 saturated heterocycles. The SMILES string of the molecule is CCn1nc(C(=O)O)c2c1CCN(C(=O)C1CCN(C(=O)C(C)C)CC1)C2. The number of likely N-dealkylation sites (tertiary alicyclic amines) is 1. The monoisotopic (exact) mass is 376 g/mol. The van der Waals surface area contributed by atoms with Crippen molar-refractivity contribution >= 4 is 17.8 Å². The Bertz CT molecular complexity index is 747. The van der Waals surface area contributed by atoms with E-state index in [4.69, 9.17) is 0 Å². The summed E-state index contributed by atoms with van der Waals surface area (Å²) in [5, 5.41) is 13.6. The van der Waals surface area contributed by atoms with Crippen molar-refractivity contribution in [3.63, 3.8) is 0 Å². The second-order valence-electron chi connectivity index (χ2n) is 7.66. The van der Waals surface area contributed by atoms with E-state index in [1.807, 2.05) is 25.7 Å². The van der Waals surface area contributed by atoms with Crippen molar-refractivity contribution in [3.05, 3.63) is 17.0 Å². The average molecular weight is 376 g/mol. The Labute approximate surface area is 159 Å². The number of aromatic carboxylic acids is 1. The molecule has 0 unspecified atom stereocenters. The molecule has 3 rings (SSSR count). The molecule has 0 aromatic carbocycles. The molecule has 148 valence electrons. The molecule has 1 aromatic rings. The molecule has 2 aliphatic heterocycles. The van der Waals surface area contributed by atoms with E-state index in [2.05, 4.69) is 5.10 Å². The first kappa shape index (κ1) is 19.4. The first-order valence-corrected chi connectivity index (χ1v) is 9.72. The summed E-state index contributed by atoms with van der Waals surface area (Å²) < 4.78 is 1.73. The Morgan fingerprint density at radius 1 is 1.15 bits per heavy atom. The molecule has 0 spiro atoms. The fourth-order valence-corrected chi connectivity index (χ4v) is 4.08. The zero-order valence-corrected chi connectivity index (χ0v) is 16.3. The lowest BCUT2D eigenvalue weighted by atomic mass is 9.93. The summed E-state index contributed by atoms with van der Waals surface area (Å²) in [5.74, 6) is -0.965. The largest absolute Gasteiger partial charge is 0.476 e. The van der Waals surface area contributed by atoms with Crippen LogP contribution in [0.3, 0.4) is 0 Å². The van der Waals surface area contributed by atoms with Gasteiger partial charge in [-0.15, -0.1) is 0 Å². The van der Waals surface area contributed by atoms with Gasteiger partial charge in [-0.25, -0.2) is 4.79 Å². The van der Waals surface area contributed by atoms with Gasteiger partial charge in [-0.3, -0.25) is 14.3 Å². The average Bonchev–Trinajstić information content (AvgIpc) is 3.05. The number of carbonyl (C=O) groups excluding carboxylic acids is 2. The number of nitrogens with zero attached hydrogens (tertiary/aromatic N) is 4. The van der Waals surface area contributed by atoms with Crippen LogP contribution in [0.15, 0.2) is 0 Å². The zero-order valence-electron chi connectivity index (χ0n) is 16.3. The predicted octanol–water partition coefficient (Wildman–Crippen LogP) is 1.38. The Balaban J connectivity index is 1.67. The van der Waals surface area contributed by atoms with Gasteiger partial charge in [-0.1, -0.05) is 13.8 Å². The van der Waals surface area contributed by atoms with Crippen LogP contribution in [0.4, 0.5) is 0 Å². The maximum atomic E-state index is 13.0. The lowest BCUT2D eigenvalue weighted by Gasteiger charge is -2.36. The lowest BCUT2D eigenvalue weighted by Crippen LogP contribution is -2.46. The summed E-state index contributed by atoms with van der Waals surface area (Å²) in [6.07, 6.45) is 1.96. The van der Waals surface area contributed by atoms with Gasteiger partial charge >= 0.3 is 5.97 Å². The number of aromatic nitrogens is 2. The standard InChI is InChI=1S/C19H28N4O4/c1-4-23-15-7-10-22(11-14(15)16(20-23)19(26)27)18(25)13-5-8-21(9-6-13)17(24)12(2)3/h12-13H,4-11H2,1-3H3,(H,26,27). The summed E-state index contributed by atoms with van der Waals surface area (Å²) in [6, 6.07) is 0. The number of amides is 2. The molecule has 1 N–H and O–H groups in total. The number of rotatable bonds is 4. The number of carboxylic acids is 1. The van der Waals surface area contributed by atoms with E-state index in [1.165, 1.54) is 0 Å². The van der Waals surface area contributed by atoms with Crippen molar-refractivity contribution in [2.75, 3.05) is 19.6 Å². The maximum absolute atomic E-state index is 13.0. The fraction of sp³-hybridized carbons (Fsp3) is 0.684. The molecule has 0 bridgehead atoms. The fourth-order valence-electron chi connectivity index (χ4n) is 4.08. The predicted molar refractivity (Wildman–Crippen MR) is 98.1 cm³/mol. The molecule has 8 heteroatoms. The van der Waals surface area contributed by atoms with E-state index in [0.29, 0.717) is 57.5 Å². The highest BCUT2D eigenvalue weighted by molar-refractivity contribution is 5.88. The summed E-state index contributed by atoms with van der Waals surface area (Å²) >= 11 is 0. The summed E-state index contributed by atoms with van der Waals surface area (Å²) in [6.45, 7) is 8.45. The second-order valence-corrected chi connectivity index (χ2v) is 7.66. The minimum atomic E-state index is -1.05. The van der Waals surface area contributed by atoms with Gasteiger partial charge in [0.15, 0.2) is 5.69 Å². The summed E-state index contributed by atoms with van der Waals surface area (Å²) in [4.78, 5) is 40.2. The molecular formula is C19H28N4O4. The van der Waals surface area contributed by atoms with Crippen LogP contribution in [0.2, 0.25) is 0 Å². The van der Waals surface area contributed by atoms with Crippen molar-refractivity contribution in [3.8, 4) is 0 Å².